The largest absolute Gasteiger partial charge is 0.329 e. The summed E-state index contributed by atoms with van der Waals surface area (Å²) in [6, 6.07) is 13.3. The predicted molar refractivity (Wildman–Crippen MR) is 81.2 cm³/mol. The minimum absolute atomic E-state index is 0.0504. The van der Waals surface area contributed by atoms with Gasteiger partial charge in [0, 0.05) is 4.47 Å². The number of benzene rings is 2. The Morgan fingerprint density at radius 2 is 1.95 bits per heavy atom. The van der Waals surface area contributed by atoms with Gasteiger partial charge in [0.05, 0.1) is 22.1 Å². The van der Waals surface area contributed by atoms with Crippen molar-refractivity contribution < 1.29 is 4.79 Å². The molecule has 0 fully saturated rings. The highest BCUT2D eigenvalue weighted by molar-refractivity contribution is 9.10. The number of carbonyl (C=O) groups is 1. The lowest BCUT2D eigenvalue weighted by atomic mass is 10.1. The third kappa shape index (κ3) is 2.33. The maximum absolute atomic E-state index is 11.8. The van der Waals surface area contributed by atoms with E-state index in [1.165, 1.54) is 0 Å². The van der Waals surface area contributed by atoms with Gasteiger partial charge in [-0.05, 0) is 30.3 Å². The monoisotopic (exact) mass is 336 g/mol. The van der Waals surface area contributed by atoms with Crippen LogP contribution in [0.5, 0.6) is 0 Å². The van der Waals surface area contributed by atoms with Crippen LogP contribution in [0.15, 0.2) is 46.9 Å². The fourth-order valence-corrected chi connectivity index (χ4v) is 2.75. The second-order valence-corrected chi connectivity index (χ2v) is 5.57. The van der Waals surface area contributed by atoms with Crippen LogP contribution in [0.3, 0.4) is 0 Å². The zero-order valence-electron chi connectivity index (χ0n) is 9.86. The topological polar surface area (TPSA) is 32.3 Å². The molecule has 5 heteroatoms. The fraction of sp³-hybridized carbons (Fsp3) is 0.0714. The van der Waals surface area contributed by atoms with E-state index >= 15 is 0 Å². The van der Waals surface area contributed by atoms with E-state index in [9.17, 15) is 4.79 Å². The number of nitrogens with one attached hydrogen (secondary N) is 1. The van der Waals surface area contributed by atoms with Gasteiger partial charge in [-0.15, -0.1) is 0 Å². The molecular weight excluding hydrogens is 328 g/mol. The number of fused-ring (bicyclic) bond motifs is 1. The Balaban J connectivity index is 2.14. The lowest BCUT2D eigenvalue weighted by Gasteiger charge is -2.31. The normalized spacial score (nSPS) is 14.0. The standard InChI is InChI=1S/C14H10BrClN2O/c15-9-5-6-13-11(7-9)17-14(19)8-18(13)12-4-2-1-3-10(12)16/h1-7H,8H2,(H,17,19). The lowest BCUT2D eigenvalue weighted by molar-refractivity contribution is -0.115. The number of rotatable bonds is 1. The molecule has 0 aromatic heterocycles. The van der Waals surface area contributed by atoms with Crippen LogP contribution in [0.2, 0.25) is 5.02 Å². The maximum Gasteiger partial charge on any atom is 0.244 e. The number of hydrogen-bond acceptors (Lipinski definition) is 2. The molecule has 19 heavy (non-hydrogen) atoms. The molecule has 0 radical (unpaired) electrons. The summed E-state index contributed by atoms with van der Waals surface area (Å²) in [4.78, 5) is 13.7. The van der Waals surface area contributed by atoms with Crippen LogP contribution in [0.25, 0.3) is 0 Å². The summed E-state index contributed by atoms with van der Waals surface area (Å²) >= 11 is 9.63. The molecule has 3 nitrogen and oxygen atoms in total. The molecule has 0 saturated carbocycles. The van der Waals surface area contributed by atoms with E-state index in [1.807, 2.05) is 47.4 Å². The van der Waals surface area contributed by atoms with Crippen molar-refractivity contribution in [1.29, 1.82) is 0 Å². The number of halogens is 2. The molecule has 1 heterocycles. The Bertz CT molecular complexity index is 660. The lowest BCUT2D eigenvalue weighted by Crippen LogP contribution is -2.35. The molecular formula is C14H10BrClN2O. The number of hydrogen-bond donors (Lipinski definition) is 1. The van der Waals surface area contributed by atoms with Crippen LogP contribution < -0.4 is 10.2 Å². The first-order chi connectivity index (χ1) is 9.15. The van der Waals surface area contributed by atoms with E-state index in [0.717, 1.165) is 21.5 Å². The Hall–Kier alpha value is -1.52. The molecule has 0 bridgehead atoms. The van der Waals surface area contributed by atoms with Crippen molar-refractivity contribution in [3.05, 3.63) is 52.0 Å². The van der Waals surface area contributed by atoms with Crippen molar-refractivity contribution in [1.82, 2.24) is 0 Å². The molecule has 0 atom stereocenters. The summed E-state index contributed by atoms with van der Waals surface area (Å²) in [6.45, 7) is 0.262. The van der Waals surface area contributed by atoms with E-state index in [2.05, 4.69) is 21.2 Å². The smallest absolute Gasteiger partial charge is 0.244 e. The van der Waals surface area contributed by atoms with Crippen molar-refractivity contribution >= 4 is 50.5 Å². The van der Waals surface area contributed by atoms with Gasteiger partial charge in [-0.3, -0.25) is 4.79 Å². The van der Waals surface area contributed by atoms with Gasteiger partial charge in [0.25, 0.3) is 0 Å². The average molecular weight is 338 g/mol. The third-order valence-corrected chi connectivity index (χ3v) is 3.78. The summed E-state index contributed by atoms with van der Waals surface area (Å²) in [7, 11) is 0. The molecule has 96 valence electrons. The van der Waals surface area contributed by atoms with Crippen molar-refractivity contribution in [2.75, 3.05) is 16.8 Å². The van der Waals surface area contributed by atoms with Gasteiger partial charge in [-0.2, -0.15) is 0 Å². The molecule has 0 spiro atoms. The van der Waals surface area contributed by atoms with Gasteiger partial charge < -0.3 is 10.2 Å². The molecule has 2 aromatic rings. The van der Waals surface area contributed by atoms with Crippen molar-refractivity contribution in [3.8, 4) is 0 Å². The van der Waals surface area contributed by atoms with Gasteiger partial charge in [0.2, 0.25) is 5.91 Å². The number of anilines is 3. The zero-order chi connectivity index (χ0) is 13.4. The highest BCUT2D eigenvalue weighted by Crippen LogP contribution is 2.39. The SMILES string of the molecule is O=C1CN(c2ccccc2Cl)c2ccc(Br)cc2N1. The number of para-hydroxylation sites is 1. The van der Waals surface area contributed by atoms with Crippen molar-refractivity contribution in [2.45, 2.75) is 0 Å². The van der Waals surface area contributed by atoms with Gasteiger partial charge in [0.1, 0.15) is 6.54 Å². The minimum atomic E-state index is -0.0504. The number of amides is 1. The molecule has 2 aromatic carbocycles. The fourth-order valence-electron chi connectivity index (χ4n) is 2.15. The average Bonchev–Trinajstić information content (AvgIpc) is 2.38. The molecule has 1 aliphatic rings. The third-order valence-electron chi connectivity index (χ3n) is 2.97. The first-order valence-corrected chi connectivity index (χ1v) is 6.94. The Kier molecular flexibility index (Phi) is 3.21. The molecule has 0 unspecified atom stereocenters. The number of nitrogens with zero attached hydrogens (tertiary/aromatic N) is 1. The van der Waals surface area contributed by atoms with Gasteiger partial charge in [-0.1, -0.05) is 39.7 Å². The second kappa shape index (κ2) is 4.87. The quantitative estimate of drug-likeness (QED) is 0.846. The number of carbonyl (C=O) groups excluding carboxylic acids is 1. The summed E-state index contributed by atoms with van der Waals surface area (Å²) in [5, 5.41) is 3.50. The van der Waals surface area contributed by atoms with Gasteiger partial charge in [-0.25, -0.2) is 0 Å². The summed E-state index contributed by atoms with van der Waals surface area (Å²) in [6.07, 6.45) is 0. The molecule has 1 N–H and O–H groups in total. The molecule has 1 amide bonds. The van der Waals surface area contributed by atoms with E-state index in [4.69, 9.17) is 11.6 Å². The van der Waals surface area contributed by atoms with Crippen molar-refractivity contribution in [2.24, 2.45) is 0 Å². The van der Waals surface area contributed by atoms with Crippen LogP contribution in [0.4, 0.5) is 17.1 Å². The predicted octanol–water partition coefficient (Wildman–Crippen LogP) is 4.19. The van der Waals surface area contributed by atoms with Crippen molar-refractivity contribution in [3.63, 3.8) is 0 Å². The Morgan fingerprint density at radius 1 is 1.16 bits per heavy atom. The van der Waals surface area contributed by atoms with Gasteiger partial charge >= 0.3 is 0 Å². The van der Waals surface area contributed by atoms with E-state index in [0.29, 0.717) is 5.02 Å². The second-order valence-electron chi connectivity index (χ2n) is 4.25. The van der Waals surface area contributed by atoms with Gasteiger partial charge in [0.15, 0.2) is 0 Å². The Morgan fingerprint density at radius 3 is 2.74 bits per heavy atom. The van der Waals surface area contributed by atoms with Crippen LogP contribution in [0, 0.1) is 0 Å². The van der Waals surface area contributed by atoms with E-state index < -0.39 is 0 Å². The Labute approximate surface area is 124 Å². The van der Waals surface area contributed by atoms with E-state index in [-0.39, 0.29) is 12.5 Å². The summed E-state index contributed by atoms with van der Waals surface area (Å²) < 4.78 is 0.924. The van der Waals surface area contributed by atoms with E-state index in [1.54, 1.807) is 0 Å². The highest BCUT2D eigenvalue weighted by atomic mass is 79.9. The zero-order valence-corrected chi connectivity index (χ0v) is 12.2. The van der Waals surface area contributed by atoms with Crippen LogP contribution in [0.1, 0.15) is 0 Å². The molecule has 0 aliphatic carbocycles. The summed E-state index contributed by atoms with van der Waals surface area (Å²) in [5.41, 5.74) is 2.56. The highest BCUT2D eigenvalue weighted by Gasteiger charge is 2.24. The van der Waals surface area contributed by atoms with Crippen LogP contribution in [-0.2, 0) is 4.79 Å². The first-order valence-electron chi connectivity index (χ1n) is 5.76. The molecule has 0 saturated heterocycles. The van der Waals surface area contributed by atoms with Crippen LogP contribution in [-0.4, -0.2) is 12.5 Å². The first kappa shape index (κ1) is 12.5. The van der Waals surface area contributed by atoms with Crippen LogP contribution >= 0.6 is 27.5 Å². The molecule has 3 rings (SSSR count). The minimum Gasteiger partial charge on any atom is -0.329 e. The maximum atomic E-state index is 11.8. The summed E-state index contributed by atoms with van der Waals surface area (Å²) in [5.74, 6) is -0.0504. The molecule has 1 aliphatic heterocycles.